The maximum absolute atomic E-state index is 13.1. The third-order valence-corrected chi connectivity index (χ3v) is 6.28. The number of hydrogen-bond acceptors (Lipinski definition) is 5. The predicted octanol–water partition coefficient (Wildman–Crippen LogP) is 4.78. The monoisotopic (exact) mass is 475 g/mol. The first-order valence-corrected chi connectivity index (χ1v) is 11.1. The highest BCUT2D eigenvalue weighted by atomic mass is 35.5. The summed E-state index contributed by atoms with van der Waals surface area (Å²) < 4.78 is 10.8. The van der Waals surface area contributed by atoms with Gasteiger partial charge in [0.1, 0.15) is 17.6 Å². The number of methoxy groups -OCH3 is 1. The Kier molecular flexibility index (Phi) is 6.47. The van der Waals surface area contributed by atoms with Crippen LogP contribution >= 0.6 is 23.2 Å². The number of fused-ring (bicyclic) bond motifs is 1. The van der Waals surface area contributed by atoms with Crippen molar-refractivity contribution in [2.24, 2.45) is 0 Å². The van der Waals surface area contributed by atoms with Gasteiger partial charge in [-0.3, -0.25) is 9.59 Å². The molecule has 2 atom stereocenters. The van der Waals surface area contributed by atoms with E-state index in [2.05, 4.69) is 0 Å². The van der Waals surface area contributed by atoms with E-state index in [0.29, 0.717) is 40.6 Å². The average Bonchev–Trinajstić information content (AvgIpc) is 3.24. The molecule has 4 rings (SSSR count). The van der Waals surface area contributed by atoms with Crippen LogP contribution in [0.5, 0.6) is 5.75 Å². The van der Waals surface area contributed by atoms with Crippen LogP contribution in [0.15, 0.2) is 42.0 Å². The van der Waals surface area contributed by atoms with E-state index in [1.165, 1.54) is 4.90 Å². The number of benzene rings is 2. The van der Waals surface area contributed by atoms with E-state index in [1.54, 1.807) is 43.5 Å². The second-order valence-corrected chi connectivity index (χ2v) is 8.80. The molecule has 2 aliphatic rings. The van der Waals surface area contributed by atoms with E-state index < -0.39 is 17.7 Å². The summed E-state index contributed by atoms with van der Waals surface area (Å²) in [6, 6.07) is 9.30. The van der Waals surface area contributed by atoms with Gasteiger partial charge in [-0.1, -0.05) is 29.3 Å². The Hall–Kier alpha value is -2.54. The molecule has 2 aliphatic heterocycles. The minimum atomic E-state index is -0.833. The summed E-state index contributed by atoms with van der Waals surface area (Å²) >= 11 is 12.5. The number of hydrogen-bond donors (Lipinski definition) is 1. The van der Waals surface area contributed by atoms with Gasteiger partial charge in [0.05, 0.1) is 11.6 Å². The van der Waals surface area contributed by atoms with Crippen LogP contribution < -0.4 is 4.74 Å². The molecule has 6 nitrogen and oxygen atoms in total. The Morgan fingerprint density at radius 1 is 1.22 bits per heavy atom. The van der Waals surface area contributed by atoms with E-state index in [-0.39, 0.29) is 24.0 Å². The lowest BCUT2D eigenvalue weighted by atomic mass is 9.94. The highest BCUT2D eigenvalue weighted by Gasteiger charge is 2.46. The lowest BCUT2D eigenvalue weighted by Crippen LogP contribution is -2.31. The second kappa shape index (κ2) is 9.14. The molecule has 0 bridgehead atoms. The highest BCUT2D eigenvalue weighted by Crippen LogP contribution is 2.43. The van der Waals surface area contributed by atoms with Crippen LogP contribution in [-0.2, 0) is 20.7 Å². The molecule has 0 aliphatic carbocycles. The van der Waals surface area contributed by atoms with Crippen molar-refractivity contribution in [2.75, 3.05) is 20.3 Å². The van der Waals surface area contributed by atoms with Gasteiger partial charge in [-0.25, -0.2) is 0 Å². The quantitative estimate of drug-likeness (QED) is 0.281. The number of nitrogens with zero attached hydrogens (tertiary/aromatic N) is 1. The fourth-order valence-electron chi connectivity index (χ4n) is 4.26. The summed E-state index contributed by atoms with van der Waals surface area (Å²) in [6.07, 6.45) is 1.27. The normalized spacial score (nSPS) is 21.7. The molecular formula is C24H23Cl2NO5. The molecule has 8 heteroatoms. The Morgan fingerprint density at radius 2 is 2.00 bits per heavy atom. The molecule has 0 spiro atoms. The number of halogens is 2. The summed E-state index contributed by atoms with van der Waals surface area (Å²) in [7, 11) is 1.57. The molecule has 2 aromatic carbocycles. The molecule has 1 amide bonds. The van der Waals surface area contributed by atoms with Crippen molar-refractivity contribution >= 4 is 40.7 Å². The maximum atomic E-state index is 13.1. The first kappa shape index (κ1) is 22.6. The van der Waals surface area contributed by atoms with Gasteiger partial charge in [0.15, 0.2) is 0 Å². The number of carbonyl (C=O) groups excluding carboxylic acids is 2. The number of ketones is 1. The molecule has 0 aromatic heterocycles. The number of aliphatic hydroxyl groups is 1. The van der Waals surface area contributed by atoms with E-state index in [9.17, 15) is 14.7 Å². The van der Waals surface area contributed by atoms with E-state index in [1.807, 2.05) is 6.92 Å². The Balaban J connectivity index is 1.83. The molecule has 2 aromatic rings. The molecule has 168 valence electrons. The van der Waals surface area contributed by atoms with Crippen molar-refractivity contribution < 1.29 is 24.2 Å². The molecular weight excluding hydrogens is 453 g/mol. The van der Waals surface area contributed by atoms with E-state index >= 15 is 0 Å². The Bertz CT molecular complexity index is 1110. The summed E-state index contributed by atoms with van der Waals surface area (Å²) in [4.78, 5) is 27.4. The summed E-state index contributed by atoms with van der Waals surface area (Å²) in [5.41, 5.74) is 1.92. The van der Waals surface area contributed by atoms with Crippen molar-refractivity contribution in [3.8, 4) is 5.75 Å². The third kappa shape index (κ3) is 4.10. The van der Waals surface area contributed by atoms with E-state index in [4.69, 9.17) is 32.7 Å². The Labute approximate surface area is 196 Å². The molecule has 2 heterocycles. The van der Waals surface area contributed by atoms with Crippen molar-refractivity contribution in [3.63, 3.8) is 0 Å². The molecule has 1 fully saturated rings. The topological polar surface area (TPSA) is 76.1 Å². The van der Waals surface area contributed by atoms with Gasteiger partial charge in [-0.2, -0.15) is 0 Å². The van der Waals surface area contributed by atoms with Crippen LogP contribution in [0.1, 0.15) is 36.1 Å². The number of rotatable bonds is 6. The minimum absolute atomic E-state index is 0.00329. The van der Waals surface area contributed by atoms with Crippen LogP contribution in [-0.4, -0.2) is 48.1 Å². The number of carbonyl (C=O) groups is 2. The van der Waals surface area contributed by atoms with Crippen LogP contribution in [0, 0.1) is 0 Å². The smallest absolute Gasteiger partial charge is 0.295 e. The predicted molar refractivity (Wildman–Crippen MR) is 122 cm³/mol. The van der Waals surface area contributed by atoms with E-state index in [0.717, 1.165) is 11.3 Å². The summed E-state index contributed by atoms with van der Waals surface area (Å²) in [5.74, 6) is -0.917. The number of aliphatic hydroxyl groups excluding tert-OH is 1. The third-order valence-electron chi connectivity index (χ3n) is 5.71. The van der Waals surface area contributed by atoms with Crippen molar-refractivity contribution in [1.82, 2.24) is 4.90 Å². The SMILES string of the molecule is COCCCN1C(=O)C(=O)/C(=C(/O)c2ccc3c(c2)CC(C)O3)C1c1ccc(Cl)cc1Cl. The average molecular weight is 476 g/mol. The van der Waals surface area contributed by atoms with Gasteiger partial charge < -0.3 is 19.5 Å². The van der Waals surface area contributed by atoms with Gasteiger partial charge in [0, 0.05) is 42.3 Å². The van der Waals surface area contributed by atoms with Crippen LogP contribution in [0.25, 0.3) is 5.76 Å². The zero-order chi connectivity index (χ0) is 23.0. The minimum Gasteiger partial charge on any atom is -0.507 e. The fraction of sp³-hybridized carbons (Fsp3) is 0.333. The molecule has 0 radical (unpaired) electrons. The van der Waals surface area contributed by atoms with Crippen LogP contribution in [0.4, 0.5) is 0 Å². The first-order chi connectivity index (χ1) is 15.3. The van der Waals surface area contributed by atoms with Crippen molar-refractivity contribution in [1.29, 1.82) is 0 Å². The molecule has 1 saturated heterocycles. The lowest BCUT2D eigenvalue weighted by molar-refractivity contribution is -0.140. The summed E-state index contributed by atoms with van der Waals surface area (Å²) in [6.45, 7) is 2.66. The second-order valence-electron chi connectivity index (χ2n) is 7.96. The van der Waals surface area contributed by atoms with Gasteiger partial charge in [-0.05, 0) is 54.8 Å². The first-order valence-electron chi connectivity index (χ1n) is 10.3. The molecule has 1 N–H and O–H groups in total. The zero-order valence-electron chi connectivity index (χ0n) is 17.7. The standard InChI is InChI=1S/C24H23Cl2NO5/c1-13-10-15-11-14(4-7-19(15)32-13)22(28)20-21(17-6-5-16(25)12-18(17)26)27(8-3-9-31-2)24(30)23(20)29/h4-7,11-13,21,28H,3,8-10H2,1-2H3/b22-20+. The number of likely N-dealkylation sites (tertiary alicyclic amines) is 1. The number of ether oxygens (including phenoxy) is 2. The number of Topliss-reactive ketones (excluding diaryl/α,β-unsaturated/α-hetero) is 1. The highest BCUT2D eigenvalue weighted by molar-refractivity contribution is 6.47. The zero-order valence-corrected chi connectivity index (χ0v) is 19.2. The molecule has 2 unspecified atom stereocenters. The van der Waals surface area contributed by atoms with Gasteiger partial charge in [0.25, 0.3) is 11.7 Å². The molecule has 0 saturated carbocycles. The van der Waals surface area contributed by atoms with Gasteiger partial charge >= 0.3 is 0 Å². The van der Waals surface area contributed by atoms with Gasteiger partial charge in [0.2, 0.25) is 0 Å². The van der Waals surface area contributed by atoms with Crippen LogP contribution in [0.3, 0.4) is 0 Å². The lowest BCUT2D eigenvalue weighted by Gasteiger charge is -2.26. The van der Waals surface area contributed by atoms with Crippen molar-refractivity contribution in [3.05, 3.63) is 68.7 Å². The van der Waals surface area contributed by atoms with Crippen molar-refractivity contribution in [2.45, 2.75) is 31.9 Å². The molecule has 32 heavy (non-hydrogen) atoms. The Morgan fingerprint density at radius 3 is 2.72 bits per heavy atom. The number of amides is 1. The van der Waals surface area contributed by atoms with Crippen LogP contribution in [0.2, 0.25) is 10.0 Å². The summed E-state index contributed by atoms with van der Waals surface area (Å²) in [5, 5.41) is 12.0. The fourth-order valence-corrected chi connectivity index (χ4v) is 4.77. The van der Waals surface area contributed by atoms with Gasteiger partial charge in [-0.15, -0.1) is 0 Å². The largest absolute Gasteiger partial charge is 0.507 e. The maximum Gasteiger partial charge on any atom is 0.295 e.